The van der Waals surface area contributed by atoms with Crippen molar-refractivity contribution in [2.45, 2.75) is 6.42 Å². The Hall–Kier alpha value is -2.49. The van der Waals surface area contributed by atoms with Crippen molar-refractivity contribution >= 4 is 33.9 Å². The van der Waals surface area contributed by atoms with Crippen molar-refractivity contribution in [3.05, 3.63) is 29.3 Å². The van der Waals surface area contributed by atoms with Crippen LogP contribution in [0, 0.1) is 0 Å². The van der Waals surface area contributed by atoms with Gasteiger partial charge in [0.05, 0.1) is 11.6 Å². The van der Waals surface area contributed by atoms with Gasteiger partial charge < -0.3 is 24.1 Å². The molecule has 31 heavy (non-hydrogen) atoms. The minimum atomic E-state index is 0.0594. The molecule has 8 nitrogen and oxygen atoms in total. The molecule has 2 saturated heterocycles. The maximum Gasteiger partial charge on any atom is 0.265 e. The number of anilines is 1. The second-order valence-corrected chi connectivity index (χ2v) is 9.51. The van der Waals surface area contributed by atoms with Gasteiger partial charge in [-0.05, 0) is 39.2 Å². The summed E-state index contributed by atoms with van der Waals surface area (Å²) in [6.45, 7) is 7.61. The molecule has 2 fully saturated rings. The lowest BCUT2D eigenvalue weighted by Crippen LogP contribution is -2.44. The molecule has 1 amide bonds. The summed E-state index contributed by atoms with van der Waals surface area (Å²) < 4.78 is 5.65. The Bertz CT molecular complexity index is 1070. The molecule has 0 N–H and O–H groups in total. The number of nitrogens with zero attached hydrogens (tertiary/aromatic N) is 6. The molecule has 0 aliphatic carbocycles. The second kappa shape index (κ2) is 8.57. The molecule has 0 saturated carbocycles. The van der Waals surface area contributed by atoms with Crippen molar-refractivity contribution in [1.29, 1.82) is 0 Å². The van der Waals surface area contributed by atoms with E-state index in [0.717, 1.165) is 80.4 Å². The van der Waals surface area contributed by atoms with E-state index in [1.165, 1.54) is 11.3 Å². The van der Waals surface area contributed by atoms with Crippen LogP contribution < -0.4 is 4.90 Å². The van der Waals surface area contributed by atoms with Crippen LogP contribution in [0.1, 0.15) is 16.1 Å². The van der Waals surface area contributed by atoms with Gasteiger partial charge in [0.1, 0.15) is 15.6 Å². The molecule has 2 aliphatic heterocycles. The lowest BCUT2D eigenvalue weighted by atomic mass is 10.1. The molecule has 0 unspecified atom stereocenters. The molecule has 164 valence electrons. The second-order valence-electron chi connectivity index (χ2n) is 8.48. The van der Waals surface area contributed by atoms with Gasteiger partial charge in [0.25, 0.3) is 5.91 Å². The van der Waals surface area contributed by atoms with Crippen LogP contribution in [0.25, 0.3) is 21.7 Å². The van der Waals surface area contributed by atoms with E-state index < -0.39 is 0 Å². The minimum absolute atomic E-state index is 0.0594. The van der Waals surface area contributed by atoms with Crippen LogP contribution in [-0.4, -0.2) is 97.2 Å². The van der Waals surface area contributed by atoms with Gasteiger partial charge in [0.2, 0.25) is 0 Å². The highest BCUT2D eigenvalue weighted by Crippen LogP contribution is 2.33. The SMILES string of the molecule is CN1CCCN(C(=O)c2cnc(-c3noc4cc(N5CCN(C)CC5)ccc34)s2)CC1. The molecule has 5 rings (SSSR count). The molecule has 0 radical (unpaired) electrons. The number of carbonyl (C=O) groups excluding carboxylic acids is 1. The number of amides is 1. The van der Waals surface area contributed by atoms with Gasteiger partial charge >= 0.3 is 0 Å². The molecule has 9 heteroatoms. The zero-order valence-electron chi connectivity index (χ0n) is 18.1. The molecule has 4 heterocycles. The molecule has 0 bridgehead atoms. The van der Waals surface area contributed by atoms with Gasteiger partial charge in [0, 0.05) is 57.6 Å². The predicted molar refractivity (Wildman–Crippen MR) is 123 cm³/mol. The number of rotatable bonds is 3. The third-order valence-electron chi connectivity index (χ3n) is 6.25. The highest BCUT2D eigenvalue weighted by molar-refractivity contribution is 7.17. The van der Waals surface area contributed by atoms with Crippen LogP contribution in [0.4, 0.5) is 5.69 Å². The number of aromatic nitrogens is 2. The fraction of sp³-hybridized carbons (Fsp3) is 0.500. The average Bonchev–Trinajstić information content (AvgIpc) is 3.37. The van der Waals surface area contributed by atoms with Gasteiger partial charge in [-0.15, -0.1) is 11.3 Å². The van der Waals surface area contributed by atoms with E-state index in [1.54, 1.807) is 6.20 Å². The van der Waals surface area contributed by atoms with Crippen LogP contribution in [0.15, 0.2) is 28.9 Å². The van der Waals surface area contributed by atoms with Crippen molar-refractivity contribution in [1.82, 2.24) is 24.8 Å². The molecule has 2 aromatic heterocycles. The Morgan fingerprint density at radius 1 is 1.00 bits per heavy atom. The molecular weight excluding hydrogens is 412 g/mol. The quantitative estimate of drug-likeness (QED) is 0.620. The summed E-state index contributed by atoms with van der Waals surface area (Å²) in [7, 11) is 4.26. The Morgan fingerprint density at radius 3 is 2.61 bits per heavy atom. The van der Waals surface area contributed by atoms with Crippen molar-refractivity contribution in [3.8, 4) is 10.7 Å². The minimum Gasteiger partial charge on any atom is -0.369 e. The number of hydrogen-bond donors (Lipinski definition) is 0. The Morgan fingerprint density at radius 2 is 1.77 bits per heavy atom. The number of fused-ring (bicyclic) bond motifs is 1. The van der Waals surface area contributed by atoms with Gasteiger partial charge in [-0.2, -0.15) is 0 Å². The highest BCUT2D eigenvalue weighted by atomic mass is 32.1. The van der Waals surface area contributed by atoms with Crippen LogP contribution in [0.5, 0.6) is 0 Å². The summed E-state index contributed by atoms with van der Waals surface area (Å²) in [5.74, 6) is 0.0594. The summed E-state index contributed by atoms with van der Waals surface area (Å²) in [5.41, 5.74) is 2.62. The van der Waals surface area contributed by atoms with E-state index in [0.29, 0.717) is 10.6 Å². The van der Waals surface area contributed by atoms with Gasteiger partial charge in [-0.3, -0.25) is 4.79 Å². The summed E-state index contributed by atoms with van der Waals surface area (Å²) in [6, 6.07) is 6.24. The van der Waals surface area contributed by atoms with Crippen molar-refractivity contribution in [2.75, 3.05) is 71.4 Å². The zero-order chi connectivity index (χ0) is 21.4. The lowest BCUT2D eigenvalue weighted by molar-refractivity contribution is 0.0767. The molecule has 1 aromatic carbocycles. The van der Waals surface area contributed by atoms with Crippen LogP contribution >= 0.6 is 11.3 Å². The summed E-state index contributed by atoms with van der Waals surface area (Å²) in [5, 5.41) is 5.95. The predicted octanol–water partition coefficient (Wildman–Crippen LogP) is 2.48. The standard InChI is InChI=1S/C22H28N6O2S/c1-25-6-3-7-28(13-10-25)22(29)19-15-23-21(31-19)20-17-5-4-16(14-18(17)30-24-20)27-11-8-26(2)9-12-27/h4-5,14-15H,3,6-13H2,1-2H3. The maximum atomic E-state index is 13.0. The van der Waals surface area contributed by atoms with E-state index in [9.17, 15) is 4.79 Å². The largest absolute Gasteiger partial charge is 0.369 e. The maximum absolute atomic E-state index is 13.0. The topological polar surface area (TPSA) is 68.9 Å². The number of carbonyl (C=O) groups is 1. The van der Waals surface area contributed by atoms with Crippen molar-refractivity contribution in [3.63, 3.8) is 0 Å². The summed E-state index contributed by atoms with van der Waals surface area (Å²) in [6.07, 6.45) is 2.67. The number of likely N-dealkylation sites (N-methyl/N-ethyl adjacent to an activating group) is 2. The Balaban J connectivity index is 1.35. The van der Waals surface area contributed by atoms with E-state index in [-0.39, 0.29) is 5.91 Å². The Kier molecular flexibility index (Phi) is 5.64. The van der Waals surface area contributed by atoms with Crippen LogP contribution in [0.3, 0.4) is 0 Å². The van der Waals surface area contributed by atoms with Crippen molar-refractivity contribution < 1.29 is 9.32 Å². The van der Waals surface area contributed by atoms with E-state index in [4.69, 9.17) is 4.52 Å². The molecule has 3 aromatic rings. The fourth-order valence-electron chi connectivity index (χ4n) is 4.23. The average molecular weight is 441 g/mol. The van der Waals surface area contributed by atoms with Gasteiger partial charge in [-0.1, -0.05) is 5.16 Å². The number of thiazole rings is 1. The monoisotopic (exact) mass is 440 g/mol. The Labute approximate surface area is 186 Å². The van der Waals surface area contributed by atoms with E-state index >= 15 is 0 Å². The lowest BCUT2D eigenvalue weighted by Gasteiger charge is -2.33. The zero-order valence-corrected chi connectivity index (χ0v) is 18.9. The number of piperazine rings is 1. The first kappa shape index (κ1) is 20.4. The highest BCUT2D eigenvalue weighted by Gasteiger charge is 2.23. The third-order valence-corrected chi connectivity index (χ3v) is 7.24. The van der Waals surface area contributed by atoms with Crippen LogP contribution in [0.2, 0.25) is 0 Å². The third kappa shape index (κ3) is 4.17. The normalized spacial score (nSPS) is 19.2. The van der Waals surface area contributed by atoms with Crippen LogP contribution in [-0.2, 0) is 0 Å². The summed E-state index contributed by atoms with van der Waals surface area (Å²) in [4.78, 5) is 27.1. The van der Waals surface area contributed by atoms with Gasteiger partial charge in [0.15, 0.2) is 5.58 Å². The van der Waals surface area contributed by atoms with Gasteiger partial charge in [-0.25, -0.2) is 4.98 Å². The molecular formula is C22H28N6O2S. The van der Waals surface area contributed by atoms with E-state index in [2.05, 4.69) is 57.1 Å². The van der Waals surface area contributed by atoms with E-state index in [1.807, 2.05) is 4.90 Å². The first-order valence-electron chi connectivity index (χ1n) is 10.9. The fourth-order valence-corrected chi connectivity index (χ4v) is 5.11. The molecule has 0 spiro atoms. The molecule has 2 aliphatic rings. The van der Waals surface area contributed by atoms with Crippen molar-refractivity contribution in [2.24, 2.45) is 0 Å². The smallest absolute Gasteiger partial charge is 0.265 e. The first-order chi connectivity index (χ1) is 15.1. The molecule has 0 atom stereocenters. The summed E-state index contributed by atoms with van der Waals surface area (Å²) >= 11 is 1.39. The number of benzene rings is 1. The number of hydrogen-bond acceptors (Lipinski definition) is 8. The first-order valence-corrected chi connectivity index (χ1v) is 11.7.